The van der Waals surface area contributed by atoms with Gasteiger partial charge < -0.3 is 10.1 Å². The fourth-order valence-electron chi connectivity index (χ4n) is 2.07. The van der Waals surface area contributed by atoms with Crippen LogP contribution in [0.5, 0.6) is 0 Å². The molecule has 0 bridgehead atoms. The van der Waals surface area contributed by atoms with Crippen molar-refractivity contribution in [3.8, 4) is 0 Å². The average molecular weight is 259 g/mol. The highest BCUT2D eigenvalue weighted by atomic mass is 16.5. The summed E-state index contributed by atoms with van der Waals surface area (Å²) in [4.78, 5) is 0. The van der Waals surface area contributed by atoms with Gasteiger partial charge in [-0.3, -0.25) is 4.68 Å². The number of nitrogens with zero attached hydrogens (tertiary/aromatic N) is 2. The molecule has 4 nitrogen and oxygen atoms in total. The number of rotatable bonds is 6. The minimum Gasteiger partial charge on any atom is -0.380 e. The Labute approximate surface area is 114 Å². The number of hydrogen-bond donors (Lipinski definition) is 1. The molecular weight excluding hydrogens is 238 g/mol. The van der Waals surface area contributed by atoms with E-state index in [4.69, 9.17) is 4.74 Å². The molecule has 0 radical (unpaired) electrons. The number of hydrogen-bond acceptors (Lipinski definition) is 3. The summed E-state index contributed by atoms with van der Waals surface area (Å²) in [5, 5.41) is 7.90. The van der Waals surface area contributed by atoms with E-state index < -0.39 is 0 Å². The van der Waals surface area contributed by atoms with Gasteiger partial charge in [0.25, 0.3) is 0 Å². The first-order valence-corrected chi connectivity index (χ1v) is 6.57. The van der Waals surface area contributed by atoms with Crippen LogP contribution < -0.4 is 5.32 Å². The Bertz CT molecular complexity index is 534. The average Bonchev–Trinajstić information content (AvgIpc) is 2.79. The normalized spacial score (nSPS) is 10.7. The molecule has 0 unspecified atom stereocenters. The molecule has 0 saturated heterocycles. The van der Waals surface area contributed by atoms with Crippen molar-refractivity contribution in [1.82, 2.24) is 9.78 Å². The van der Waals surface area contributed by atoms with Crippen molar-refractivity contribution in [3.63, 3.8) is 0 Å². The Morgan fingerprint density at radius 1 is 1.32 bits per heavy atom. The van der Waals surface area contributed by atoms with Crippen molar-refractivity contribution >= 4 is 5.69 Å². The lowest BCUT2D eigenvalue weighted by atomic mass is 10.2. The van der Waals surface area contributed by atoms with Crippen LogP contribution in [0.1, 0.15) is 23.9 Å². The molecule has 1 aromatic heterocycles. The Hall–Kier alpha value is -1.81. The fourth-order valence-corrected chi connectivity index (χ4v) is 2.07. The molecule has 0 atom stereocenters. The van der Waals surface area contributed by atoms with Gasteiger partial charge in [0.05, 0.1) is 24.5 Å². The molecule has 2 aromatic rings. The number of nitrogens with one attached hydrogen (secondary N) is 1. The Kier molecular flexibility index (Phi) is 4.58. The molecule has 102 valence electrons. The lowest BCUT2D eigenvalue weighted by Crippen LogP contribution is -2.07. The molecule has 1 aromatic carbocycles. The lowest BCUT2D eigenvalue weighted by Gasteiger charge is -2.11. The molecule has 4 heteroatoms. The van der Waals surface area contributed by atoms with E-state index in [1.165, 1.54) is 11.3 Å². The van der Waals surface area contributed by atoms with Gasteiger partial charge in [-0.05, 0) is 18.6 Å². The van der Waals surface area contributed by atoms with Gasteiger partial charge in [-0.25, -0.2) is 0 Å². The van der Waals surface area contributed by atoms with Crippen molar-refractivity contribution in [1.29, 1.82) is 0 Å². The molecular formula is C15H21N3O. The highest BCUT2D eigenvalue weighted by Gasteiger charge is 2.05. The molecule has 2 rings (SSSR count). The van der Waals surface area contributed by atoms with Gasteiger partial charge in [-0.2, -0.15) is 5.10 Å². The topological polar surface area (TPSA) is 39.1 Å². The minimum absolute atomic E-state index is 0.620. The summed E-state index contributed by atoms with van der Waals surface area (Å²) < 4.78 is 7.14. The number of para-hydroxylation sites is 1. The number of ether oxygens (including phenoxy) is 1. The number of methoxy groups -OCH3 is 1. The predicted octanol–water partition coefficient (Wildman–Crippen LogP) is 2.74. The highest BCUT2D eigenvalue weighted by molar-refractivity contribution is 5.50. The summed E-state index contributed by atoms with van der Waals surface area (Å²) in [5.41, 5.74) is 4.60. The number of aryl methyl sites for hydroxylation is 2. The van der Waals surface area contributed by atoms with Crippen molar-refractivity contribution in [3.05, 3.63) is 47.3 Å². The van der Waals surface area contributed by atoms with E-state index in [1.54, 1.807) is 7.11 Å². The summed E-state index contributed by atoms with van der Waals surface area (Å²) in [6.45, 7) is 3.51. The summed E-state index contributed by atoms with van der Waals surface area (Å²) in [6, 6.07) is 10.4. The van der Waals surface area contributed by atoms with Gasteiger partial charge in [-0.1, -0.05) is 25.1 Å². The van der Waals surface area contributed by atoms with Gasteiger partial charge in [0, 0.05) is 25.4 Å². The van der Waals surface area contributed by atoms with Gasteiger partial charge in [0.2, 0.25) is 0 Å². The first-order chi connectivity index (χ1) is 9.24. The van der Waals surface area contributed by atoms with Crippen LogP contribution in [-0.4, -0.2) is 16.9 Å². The molecule has 1 heterocycles. The van der Waals surface area contributed by atoms with Gasteiger partial charge in [-0.15, -0.1) is 0 Å². The molecule has 0 fully saturated rings. The van der Waals surface area contributed by atoms with Crippen LogP contribution in [0.2, 0.25) is 0 Å². The van der Waals surface area contributed by atoms with Crippen LogP contribution in [0.15, 0.2) is 30.3 Å². The second-order valence-electron chi connectivity index (χ2n) is 4.55. The quantitative estimate of drug-likeness (QED) is 0.867. The Balaban J connectivity index is 2.07. The summed E-state index contributed by atoms with van der Waals surface area (Å²) in [6.07, 6.45) is 0.966. The zero-order valence-electron chi connectivity index (χ0n) is 11.8. The molecule has 19 heavy (non-hydrogen) atoms. The lowest BCUT2D eigenvalue weighted by molar-refractivity contribution is 0.185. The van der Waals surface area contributed by atoms with Crippen molar-refractivity contribution < 1.29 is 4.74 Å². The van der Waals surface area contributed by atoms with E-state index in [1.807, 2.05) is 23.9 Å². The molecule has 0 aliphatic rings. The maximum absolute atomic E-state index is 5.21. The van der Waals surface area contributed by atoms with E-state index in [0.29, 0.717) is 6.61 Å². The zero-order valence-corrected chi connectivity index (χ0v) is 11.8. The van der Waals surface area contributed by atoms with Gasteiger partial charge >= 0.3 is 0 Å². The van der Waals surface area contributed by atoms with Gasteiger partial charge in [0.1, 0.15) is 0 Å². The smallest absolute Gasteiger partial charge is 0.0733 e. The standard InChI is InChI=1S/C15H21N3O/c1-4-13-9-14(18(2)17-13)10-16-15-8-6-5-7-12(15)11-19-3/h5-9,16H,4,10-11H2,1-3H3. The SMILES string of the molecule is CCc1cc(CNc2ccccc2COC)n(C)n1. The van der Waals surface area contributed by atoms with Crippen molar-refractivity contribution in [2.45, 2.75) is 26.5 Å². The number of anilines is 1. The maximum atomic E-state index is 5.21. The largest absolute Gasteiger partial charge is 0.380 e. The Morgan fingerprint density at radius 2 is 2.11 bits per heavy atom. The predicted molar refractivity (Wildman–Crippen MR) is 77.1 cm³/mol. The van der Waals surface area contributed by atoms with Crippen LogP contribution in [0.3, 0.4) is 0 Å². The van der Waals surface area contributed by atoms with Crippen LogP contribution in [0, 0.1) is 0 Å². The molecule has 0 amide bonds. The molecule has 0 aliphatic heterocycles. The van der Waals surface area contributed by atoms with Crippen LogP contribution in [-0.2, 0) is 31.4 Å². The van der Waals surface area contributed by atoms with Gasteiger partial charge in [0.15, 0.2) is 0 Å². The summed E-state index contributed by atoms with van der Waals surface area (Å²) in [7, 11) is 3.70. The van der Waals surface area contributed by atoms with E-state index in [-0.39, 0.29) is 0 Å². The second kappa shape index (κ2) is 6.38. The number of benzene rings is 1. The van der Waals surface area contributed by atoms with E-state index in [2.05, 4.69) is 35.5 Å². The monoisotopic (exact) mass is 259 g/mol. The van der Waals surface area contributed by atoms with Crippen LogP contribution >= 0.6 is 0 Å². The minimum atomic E-state index is 0.620. The third-order valence-electron chi connectivity index (χ3n) is 3.17. The zero-order chi connectivity index (χ0) is 13.7. The fraction of sp³-hybridized carbons (Fsp3) is 0.400. The molecule has 0 spiro atoms. The summed E-state index contributed by atoms with van der Waals surface area (Å²) >= 11 is 0. The highest BCUT2D eigenvalue weighted by Crippen LogP contribution is 2.17. The van der Waals surface area contributed by atoms with Crippen molar-refractivity contribution in [2.75, 3.05) is 12.4 Å². The molecule has 0 saturated carbocycles. The third-order valence-corrected chi connectivity index (χ3v) is 3.17. The van der Waals surface area contributed by atoms with Crippen molar-refractivity contribution in [2.24, 2.45) is 7.05 Å². The first kappa shape index (κ1) is 13.6. The Morgan fingerprint density at radius 3 is 2.79 bits per heavy atom. The first-order valence-electron chi connectivity index (χ1n) is 6.57. The maximum Gasteiger partial charge on any atom is 0.0733 e. The van der Waals surface area contributed by atoms with E-state index >= 15 is 0 Å². The van der Waals surface area contributed by atoms with Crippen LogP contribution in [0.4, 0.5) is 5.69 Å². The van der Waals surface area contributed by atoms with E-state index in [0.717, 1.165) is 24.3 Å². The van der Waals surface area contributed by atoms with E-state index in [9.17, 15) is 0 Å². The van der Waals surface area contributed by atoms with Crippen LogP contribution in [0.25, 0.3) is 0 Å². The summed E-state index contributed by atoms with van der Waals surface area (Å²) in [5.74, 6) is 0. The molecule has 0 aliphatic carbocycles. The third kappa shape index (κ3) is 3.35. The molecule has 1 N–H and O–H groups in total. The second-order valence-corrected chi connectivity index (χ2v) is 4.55. The number of aromatic nitrogens is 2.